The molecule has 1 N–H and O–H groups in total. The van der Waals surface area contributed by atoms with Gasteiger partial charge in [0.15, 0.2) is 0 Å². The minimum absolute atomic E-state index is 0.0533. The highest BCUT2D eigenvalue weighted by molar-refractivity contribution is 7.89. The zero-order valence-corrected chi connectivity index (χ0v) is 13.3. The zero-order valence-electron chi connectivity index (χ0n) is 12.5. The molecule has 0 fully saturated rings. The van der Waals surface area contributed by atoms with Gasteiger partial charge in [-0.2, -0.15) is 4.31 Å². The summed E-state index contributed by atoms with van der Waals surface area (Å²) in [5.41, 5.74) is 0.544. The number of methoxy groups -OCH3 is 1. The van der Waals surface area contributed by atoms with Gasteiger partial charge in [0.1, 0.15) is 10.6 Å². The molecule has 114 valence electrons. The molecule has 0 aromatic heterocycles. The van der Waals surface area contributed by atoms with E-state index in [-0.39, 0.29) is 17.5 Å². The van der Waals surface area contributed by atoms with Gasteiger partial charge in [0.05, 0.1) is 13.7 Å². The lowest BCUT2D eigenvalue weighted by atomic mass is 10.2. The number of ether oxygens (including phenoxy) is 1. The largest absolute Gasteiger partial charge is 0.495 e. The van der Waals surface area contributed by atoms with E-state index in [1.165, 1.54) is 17.5 Å². The van der Waals surface area contributed by atoms with Gasteiger partial charge < -0.3 is 9.84 Å². The van der Waals surface area contributed by atoms with E-state index in [0.717, 1.165) is 12.8 Å². The normalized spacial score (nSPS) is 12.2. The van der Waals surface area contributed by atoms with Crippen LogP contribution in [-0.4, -0.2) is 38.0 Å². The van der Waals surface area contributed by atoms with E-state index < -0.39 is 10.0 Å². The second-order valence-electron chi connectivity index (χ2n) is 4.63. The van der Waals surface area contributed by atoms with E-state index in [9.17, 15) is 13.5 Å². The predicted octanol–water partition coefficient (Wildman–Crippen LogP) is 2.00. The van der Waals surface area contributed by atoms with Crippen LogP contribution in [0.5, 0.6) is 5.75 Å². The number of sulfonamides is 1. The molecule has 0 spiro atoms. The quantitative estimate of drug-likeness (QED) is 0.836. The molecule has 1 aromatic carbocycles. The number of benzene rings is 1. The monoisotopic (exact) mass is 301 g/mol. The van der Waals surface area contributed by atoms with Crippen molar-refractivity contribution < 1.29 is 18.3 Å². The van der Waals surface area contributed by atoms with Gasteiger partial charge in [0.25, 0.3) is 0 Å². The Labute approximate surface area is 121 Å². The Morgan fingerprint density at radius 2 is 1.90 bits per heavy atom. The van der Waals surface area contributed by atoms with Crippen LogP contribution in [0, 0.1) is 0 Å². The van der Waals surface area contributed by atoms with Crippen molar-refractivity contribution in [2.75, 3.05) is 14.2 Å². The fraction of sp³-hybridized carbons (Fsp3) is 0.571. The summed E-state index contributed by atoms with van der Waals surface area (Å²) in [6.45, 7) is 3.71. The van der Waals surface area contributed by atoms with E-state index in [0.29, 0.717) is 11.3 Å². The van der Waals surface area contributed by atoms with Crippen molar-refractivity contribution in [3.8, 4) is 5.75 Å². The Morgan fingerprint density at radius 1 is 1.30 bits per heavy atom. The fourth-order valence-corrected chi connectivity index (χ4v) is 3.88. The molecule has 0 heterocycles. The molecule has 1 aromatic rings. The first-order chi connectivity index (χ1) is 9.42. The topological polar surface area (TPSA) is 66.8 Å². The summed E-state index contributed by atoms with van der Waals surface area (Å²) in [6, 6.07) is 4.63. The van der Waals surface area contributed by atoms with Crippen LogP contribution in [-0.2, 0) is 16.6 Å². The third-order valence-electron chi connectivity index (χ3n) is 3.52. The molecule has 0 aliphatic carbocycles. The smallest absolute Gasteiger partial charge is 0.246 e. The lowest BCUT2D eigenvalue weighted by Gasteiger charge is -2.26. The average molecular weight is 301 g/mol. The van der Waals surface area contributed by atoms with E-state index in [1.807, 2.05) is 13.8 Å². The summed E-state index contributed by atoms with van der Waals surface area (Å²) in [4.78, 5) is 0.0981. The molecule has 5 nitrogen and oxygen atoms in total. The Morgan fingerprint density at radius 3 is 2.35 bits per heavy atom. The summed E-state index contributed by atoms with van der Waals surface area (Å²) < 4.78 is 31.9. The lowest BCUT2D eigenvalue weighted by molar-refractivity contribution is 0.281. The summed E-state index contributed by atoms with van der Waals surface area (Å²) in [7, 11) is -0.625. The van der Waals surface area contributed by atoms with Crippen LogP contribution in [0.2, 0.25) is 0 Å². The number of aliphatic hydroxyl groups is 1. The lowest BCUT2D eigenvalue weighted by Crippen LogP contribution is -2.36. The first-order valence-electron chi connectivity index (χ1n) is 6.68. The third kappa shape index (κ3) is 3.31. The zero-order chi connectivity index (χ0) is 15.3. The molecular weight excluding hydrogens is 278 g/mol. The molecular formula is C14H23NO4S. The number of aliphatic hydroxyl groups excluding tert-OH is 1. The predicted molar refractivity (Wildman–Crippen MR) is 78.2 cm³/mol. The van der Waals surface area contributed by atoms with E-state index in [2.05, 4.69) is 0 Å². The van der Waals surface area contributed by atoms with Gasteiger partial charge in [-0.3, -0.25) is 0 Å². The van der Waals surface area contributed by atoms with Crippen molar-refractivity contribution in [2.24, 2.45) is 0 Å². The van der Waals surface area contributed by atoms with Crippen molar-refractivity contribution >= 4 is 10.0 Å². The van der Waals surface area contributed by atoms with Crippen molar-refractivity contribution in [3.63, 3.8) is 0 Å². The molecule has 0 unspecified atom stereocenters. The van der Waals surface area contributed by atoms with Gasteiger partial charge in [-0.1, -0.05) is 19.9 Å². The van der Waals surface area contributed by atoms with E-state index in [4.69, 9.17) is 4.74 Å². The minimum atomic E-state index is -3.64. The first-order valence-corrected chi connectivity index (χ1v) is 8.12. The highest BCUT2D eigenvalue weighted by atomic mass is 32.2. The van der Waals surface area contributed by atoms with Crippen LogP contribution in [0.15, 0.2) is 23.1 Å². The number of hydrogen-bond donors (Lipinski definition) is 1. The summed E-state index contributed by atoms with van der Waals surface area (Å²) >= 11 is 0. The van der Waals surface area contributed by atoms with Crippen LogP contribution in [0.1, 0.15) is 32.3 Å². The van der Waals surface area contributed by atoms with E-state index >= 15 is 0 Å². The molecule has 0 aliphatic heterocycles. The molecule has 0 radical (unpaired) electrons. The maximum atomic E-state index is 12.7. The van der Waals surface area contributed by atoms with E-state index in [1.54, 1.807) is 19.2 Å². The highest BCUT2D eigenvalue weighted by Gasteiger charge is 2.29. The Balaban J connectivity index is 3.33. The first kappa shape index (κ1) is 16.9. The number of rotatable bonds is 7. The van der Waals surface area contributed by atoms with Crippen molar-refractivity contribution in [2.45, 2.75) is 44.2 Å². The van der Waals surface area contributed by atoms with Crippen LogP contribution in [0.3, 0.4) is 0 Å². The minimum Gasteiger partial charge on any atom is -0.495 e. The van der Waals surface area contributed by atoms with Crippen LogP contribution >= 0.6 is 0 Å². The van der Waals surface area contributed by atoms with Gasteiger partial charge in [0, 0.05) is 13.1 Å². The fourth-order valence-electron chi connectivity index (χ4n) is 2.18. The van der Waals surface area contributed by atoms with Gasteiger partial charge >= 0.3 is 0 Å². The molecule has 0 saturated carbocycles. The molecule has 20 heavy (non-hydrogen) atoms. The number of nitrogens with zero attached hydrogens (tertiary/aromatic N) is 1. The number of hydrogen-bond acceptors (Lipinski definition) is 4. The molecule has 0 saturated heterocycles. The average Bonchev–Trinajstić information content (AvgIpc) is 2.47. The standard InChI is InChI=1S/C14H23NO4S/c1-5-12(6-2)15(3)20(17,18)14-9-11(10-16)7-8-13(14)19-4/h7-9,12,16H,5-6,10H2,1-4H3. The van der Waals surface area contributed by atoms with Crippen LogP contribution in [0.25, 0.3) is 0 Å². The van der Waals surface area contributed by atoms with Crippen molar-refractivity contribution in [1.29, 1.82) is 0 Å². The highest BCUT2D eigenvalue weighted by Crippen LogP contribution is 2.29. The van der Waals surface area contributed by atoms with Gasteiger partial charge in [-0.15, -0.1) is 0 Å². The maximum absolute atomic E-state index is 12.7. The molecule has 6 heteroatoms. The molecule has 0 atom stereocenters. The second kappa shape index (κ2) is 7.06. The van der Waals surface area contributed by atoms with Gasteiger partial charge in [0.2, 0.25) is 10.0 Å². The Kier molecular flexibility index (Phi) is 5.98. The van der Waals surface area contributed by atoms with Crippen LogP contribution < -0.4 is 4.74 Å². The van der Waals surface area contributed by atoms with Gasteiger partial charge in [-0.05, 0) is 30.5 Å². The second-order valence-corrected chi connectivity index (χ2v) is 6.60. The van der Waals surface area contributed by atoms with Gasteiger partial charge in [-0.25, -0.2) is 8.42 Å². The van der Waals surface area contributed by atoms with Crippen molar-refractivity contribution in [3.05, 3.63) is 23.8 Å². The molecule has 0 amide bonds. The molecule has 0 aliphatic rings. The SMILES string of the molecule is CCC(CC)N(C)S(=O)(=O)c1cc(CO)ccc1OC. The summed E-state index contributed by atoms with van der Waals surface area (Å²) in [5, 5.41) is 9.18. The maximum Gasteiger partial charge on any atom is 0.246 e. The molecule has 0 bridgehead atoms. The Hall–Kier alpha value is -1.11. The van der Waals surface area contributed by atoms with Crippen molar-refractivity contribution in [1.82, 2.24) is 4.31 Å². The summed E-state index contributed by atoms with van der Waals surface area (Å²) in [6.07, 6.45) is 1.49. The third-order valence-corrected chi connectivity index (χ3v) is 5.46. The van der Waals surface area contributed by atoms with Crippen LogP contribution in [0.4, 0.5) is 0 Å². The molecule has 1 rings (SSSR count). The Bertz CT molecular complexity index is 538. The summed E-state index contributed by atoms with van der Waals surface area (Å²) in [5.74, 6) is 0.292.